The zero-order valence-electron chi connectivity index (χ0n) is 14.1. The lowest BCUT2D eigenvalue weighted by Crippen LogP contribution is -2.52. The minimum atomic E-state index is 0.0746. The van der Waals surface area contributed by atoms with Gasteiger partial charge in [0.05, 0.1) is 0 Å². The Balaban J connectivity index is 1.71. The van der Waals surface area contributed by atoms with Gasteiger partial charge in [0.2, 0.25) is 5.91 Å². The molecule has 1 aromatic rings. The molecule has 0 aliphatic carbocycles. The second-order valence-corrected chi connectivity index (χ2v) is 8.16. The molecule has 1 saturated heterocycles. The highest BCUT2D eigenvalue weighted by Gasteiger charge is 2.40. The summed E-state index contributed by atoms with van der Waals surface area (Å²) in [6, 6.07) is 8.81. The summed E-state index contributed by atoms with van der Waals surface area (Å²) in [5.41, 5.74) is 3.25. The first-order chi connectivity index (χ1) is 10.4. The molecular formula is C19H28N2O. The van der Waals surface area contributed by atoms with Crippen molar-refractivity contribution in [2.24, 2.45) is 5.41 Å². The van der Waals surface area contributed by atoms with Crippen molar-refractivity contribution in [2.45, 2.75) is 52.0 Å². The van der Waals surface area contributed by atoms with E-state index >= 15 is 0 Å². The molecule has 22 heavy (non-hydrogen) atoms. The van der Waals surface area contributed by atoms with Crippen molar-refractivity contribution in [3.05, 3.63) is 35.4 Å². The van der Waals surface area contributed by atoms with Gasteiger partial charge in [0.25, 0.3) is 0 Å². The van der Waals surface area contributed by atoms with Crippen LogP contribution in [-0.4, -0.2) is 30.4 Å². The van der Waals surface area contributed by atoms with Gasteiger partial charge >= 0.3 is 0 Å². The molecule has 0 bridgehead atoms. The smallest absolute Gasteiger partial charge is 0.223 e. The molecule has 1 amide bonds. The molecule has 1 fully saturated rings. The first kappa shape index (κ1) is 15.5. The number of fused-ring (bicyclic) bond motifs is 2. The second-order valence-electron chi connectivity index (χ2n) is 8.16. The Kier molecular flexibility index (Phi) is 4.02. The number of carbonyl (C=O) groups excluding carboxylic acids is 1. The molecule has 0 atom stereocenters. The summed E-state index contributed by atoms with van der Waals surface area (Å²) in [7, 11) is 0. The number of nitrogens with zero attached hydrogens (tertiary/aromatic N) is 1. The van der Waals surface area contributed by atoms with E-state index in [0.29, 0.717) is 12.3 Å². The molecule has 1 aromatic carbocycles. The lowest BCUT2D eigenvalue weighted by atomic mass is 9.69. The van der Waals surface area contributed by atoms with Crippen LogP contribution in [0.1, 0.15) is 51.2 Å². The van der Waals surface area contributed by atoms with Gasteiger partial charge < -0.3 is 10.2 Å². The van der Waals surface area contributed by atoms with Gasteiger partial charge in [-0.05, 0) is 29.4 Å². The monoisotopic (exact) mass is 300 g/mol. The minimum Gasteiger partial charge on any atom is -0.343 e. The van der Waals surface area contributed by atoms with Gasteiger partial charge in [-0.1, -0.05) is 45.0 Å². The van der Waals surface area contributed by atoms with Crippen molar-refractivity contribution in [1.82, 2.24) is 10.2 Å². The highest BCUT2D eigenvalue weighted by molar-refractivity contribution is 5.77. The molecule has 120 valence electrons. The van der Waals surface area contributed by atoms with Crippen molar-refractivity contribution in [1.29, 1.82) is 0 Å². The van der Waals surface area contributed by atoms with Crippen molar-refractivity contribution >= 4 is 5.91 Å². The van der Waals surface area contributed by atoms with Crippen LogP contribution in [0.4, 0.5) is 0 Å². The number of carbonyl (C=O) groups is 1. The Bertz CT molecular complexity index is 551. The minimum absolute atomic E-state index is 0.0746. The van der Waals surface area contributed by atoms with Crippen LogP contribution in [0, 0.1) is 5.41 Å². The van der Waals surface area contributed by atoms with Crippen LogP contribution in [0.15, 0.2) is 24.3 Å². The molecule has 2 aliphatic rings. The summed E-state index contributed by atoms with van der Waals surface area (Å²) in [6.07, 6.45) is 2.80. The number of nitrogens with one attached hydrogen (secondary N) is 1. The zero-order chi connectivity index (χ0) is 15.8. The van der Waals surface area contributed by atoms with Gasteiger partial charge in [0.1, 0.15) is 0 Å². The largest absolute Gasteiger partial charge is 0.343 e. The number of likely N-dealkylation sites (tertiary alicyclic amines) is 1. The Hall–Kier alpha value is -1.35. The molecular weight excluding hydrogens is 272 g/mol. The van der Waals surface area contributed by atoms with Gasteiger partial charge in [0.15, 0.2) is 0 Å². The first-order valence-electron chi connectivity index (χ1n) is 8.47. The molecule has 2 heterocycles. The summed E-state index contributed by atoms with van der Waals surface area (Å²) < 4.78 is 0. The fraction of sp³-hybridized carbons (Fsp3) is 0.632. The predicted octanol–water partition coefficient (Wildman–Crippen LogP) is 3.09. The number of benzene rings is 1. The summed E-state index contributed by atoms with van der Waals surface area (Å²) in [4.78, 5) is 14.5. The van der Waals surface area contributed by atoms with Gasteiger partial charge in [-0.3, -0.25) is 4.79 Å². The highest BCUT2D eigenvalue weighted by Crippen LogP contribution is 2.39. The maximum atomic E-state index is 12.4. The lowest BCUT2D eigenvalue weighted by Gasteiger charge is -2.46. The van der Waals surface area contributed by atoms with Crippen molar-refractivity contribution in [2.75, 3.05) is 19.6 Å². The van der Waals surface area contributed by atoms with E-state index in [2.05, 4.69) is 55.3 Å². The summed E-state index contributed by atoms with van der Waals surface area (Å²) in [5.74, 6) is 0.319. The maximum Gasteiger partial charge on any atom is 0.223 e. The Morgan fingerprint density at radius 2 is 1.91 bits per heavy atom. The fourth-order valence-electron chi connectivity index (χ4n) is 3.92. The van der Waals surface area contributed by atoms with Crippen LogP contribution in [0.2, 0.25) is 0 Å². The molecule has 2 aliphatic heterocycles. The Labute approximate surface area is 134 Å². The van der Waals surface area contributed by atoms with E-state index in [1.165, 1.54) is 11.1 Å². The molecule has 3 heteroatoms. The number of rotatable bonds is 1. The van der Waals surface area contributed by atoms with E-state index in [0.717, 1.165) is 39.0 Å². The summed E-state index contributed by atoms with van der Waals surface area (Å²) in [5, 5.41) is 3.58. The number of amides is 1. The van der Waals surface area contributed by atoms with E-state index < -0.39 is 0 Å². The van der Waals surface area contributed by atoms with Crippen LogP contribution < -0.4 is 5.32 Å². The van der Waals surface area contributed by atoms with Gasteiger partial charge in [0, 0.05) is 38.0 Å². The van der Waals surface area contributed by atoms with Crippen LogP contribution in [0.25, 0.3) is 0 Å². The molecule has 1 N–H and O–H groups in total. The molecule has 1 spiro atoms. The van der Waals surface area contributed by atoms with Crippen LogP contribution in [0.3, 0.4) is 0 Å². The molecule has 0 radical (unpaired) electrons. The molecule has 0 aromatic heterocycles. The quantitative estimate of drug-likeness (QED) is 0.864. The average molecular weight is 300 g/mol. The average Bonchev–Trinajstić information content (AvgIpc) is 2.47. The molecule has 0 saturated carbocycles. The van der Waals surface area contributed by atoms with Crippen LogP contribution in [0.5, 0.6) is 0 Å². The normalized spacial score (nSPS) is 20.8. The Morgan fingerprint density at radius 3 is 2.59 bits per heavy atom. The lowest BCUT2D eigenvalue weighted by molar-refractivity contribution is -0.134. The topological polar surface area (TPSA) is 32.3 Å². The van der Waals surface area contributed by atoms with Crippen molar-refractivity contribution < 1.29 is 4.79 Å². The third kappa shape index (κ3) is 3.05. The van der Waals surface area contributed by atoms with Gasteiger partial charge in [-0.15, -0.1) is 0 Å². The van der Waals surface area contributed by atoms with E-state index in [4.69, 9.17) is 0 Å². The first-order valence-corrected chi connectivity index (χ1v) is 8.47. The number of hydrogen-bond acceptors (Lipinski definition) is 2. The molecule has 3 nitrogen and oxygen atoms in total. The maximum absolute atomic E-state index is 12.4. The van der Waals surface area contributed by atoms with Crippen LogP contribution in [-0.2, 0) is 16.8 Å². The molecule has 0 unspecified atom stereocenters. The van der Waals surface area contributed by atoms with E-state index in [9.17, 15) is 4.79 Å². The van der Waals surface area contributed by atoms with E-state index in [1.54, 1.807) is 0 Å². The van der Waals surface area contributed by atoms with Crippen molar-refractivity contribution in [3.63, 3.8) is 0 Å². The van der Waals surface area contributed by atoms with E-state index in [1.807, 2.05) is 0 Å². The summed E-state index contributed by atoms with van der Waals surface area (Å²) in [6.45, 7) is 10.2. The third-order valence-electron chi connectivity index (χ3n) is 5.12. The highest BCUT2D eigenvalue weighted by atomic mass is 16.2. The molecule has 3 rings (SSSR count). The van der Waals surface area contributed by atoms with Gasteiger partial charge in [-0.2, -0.15) is 0 Å². The zero-order valence-corrected chi connectivity index (χ0v) is 14.1. The SMILES string of the molecule is CC(C)(C)CC(=O)N1CCC2(CC1)CNCc1ccccc12. The standard InChI is InChI=1S/C19H28N2O/c1-18(2,3)12-17(22)21-10-8-19(9-11-21)14-20-13-15-6-4-5-7-16(15)19/h4-7,20H,8-14H2,1-3H3. The third-order valence-corrected chi connectivity index (χ3v) is 5.12. The summed E-state index contributed by atoms with van der Waals surface area (Å²) >= 11 is 0. The number of hydrogen-bond donors (Lipinski definition) is 1. The van der Waals surface area contributed by atoms with E-state index in [-0.39, 0.29) is 10.8 Å². The van der Waals surface area contributed by atoms with Crippen LogP contribution >= 0.6 is 0 Å². The fourth-order valence-corrected chi connectivity index (χ4v) is 3.92. The van der Waals surface area contributed by atoms with Gasteiger partial charge in [-0.25, -0.2) is 0 Å². The number of piperidine rings is 1. The van der Waals surface area contributed by atoms with Crippen molar-refractivity contribution in [3.8, 4) is 0 Å². The predicted molar refractivity (Wildman–Crippen MR) is 89.7 cm³/mol. The Morgan fingerprint density at radius 1 is 1.23 bits per heavy atom. The second kappa shape index (κ2) is 5.69.